The highest BCUT2D eigenvalue weighted by atomic mass is 79.9. The molecule has 2 N–H and O–H groups in total. The van der Waals surface area contributed by atoms with E-state index in [9.17, 15) is 8.42 Å². The SMILES string of the molecule is C/C(=N\O)c1ccccc1NS(=O)(=O)c1ccc(Br)cc1. The first-order chi connectivity index (χ1) is 9.94. The van der Waals surface area contributed by atoms with Crippen LogP contribution < -0.4 is 4.72 Å². The molecule has 110 valence electrons. The van der Waals surface area contributed by atoms with Crippen LogP contribution >= 0.6 is 15.9 Å². The van der Waals surface area contributed by atoms with Gasteiger partial charge in [0.05, 0.1) is 16.3 Å². The number of anilines is 1. The quantitative estimate of drug-likeness (QED) is 0.492. The minimum Gasteiger partial charge on any atom is -0.411 e. The third-order valence-corrected chi connectivity index (χ3v) is 4.75. The van der Waals surface area contributed by atoms with E-state index in [-0.39, 0.29) is 4.90 Å². The fourth-order valence-electron chi connectivity index (χ4n) is 1.76. The number of hydrogen-bond acceptors (Lipinski definition) is 4. The van der Waals surface area contributed by atoms with Crippen molar-refractivity contribution in [2.24, 2.45) is 5.16 Å². The molecule has 0 bridgehead atoms. The number of sulfonamides is 1. The zero-order chi connectivity index (χ0) is 15.5. The predicted molar refractivity (Wildman–Crippen MR) is 85.4 cm³/mol. The summed E-state index contributed by atoms with van der Waals surface area (Å²) >= 11 is 3.26. The minimum absolute atomic E-state index is 0.152. The smallest absolute Gasteiger partial charge is 0.261 e. The third-order valence-electron chi connectivity index (χ3n) is 2.84. The molecule has 0 saturated heterocycles. The lowest BCUT2D eigenvalue weighted by molar-refractivity contribution is 0.319. The van der Waals surface area contributed by atoms with Gasteiger partial charge in [-0.1, -0.05) is 39.3 Å². The monoisotopic (exact) mass is 368 g/mol. The molecular formula is C14H13BrN2O3S. The fraction of sp³-hybridized carbons (Fsp3) is 0.0714. The van der Waals surface area contributed by atoms with Gasteiger partial charge < -0.3 is 5.21 Å². The van der Waals surface area contributed by atoms with Gasteiger partial charge in [0.15, 0.2) is 0 Å². The first-order valence-corrected chi connectivity index (χ1v) is 8.28. The van der Waals surface area contributed by atoms with Crippen molar-refractivity contribution in [3.05, 3.63) is 58.6 Å². The summed E-state index contributed by atoms with van der Waals surface area (Å²) in [5, 5.41) is 12.0. The van der Waals surface area contributed by atoms with E-state index >= 15 is 0 Å². The van der Waals surface area contributed by atoms with E-state index in [4.69, 9.17) is 5.21 Å². The van der Waals surface area contributed by atoms with E-state index in [2.05, 4.69) is 25.8 Å². The van der Waals surface area contributed by atoms with Crippen LogP contribution in [0.4, 0.5) is 5.69 Å². The summed E-state index contributed by atoms with van der Waals surface area (Å²) in [5.41, 5.74) is 1.19. The zero-order valence-electron chi connectivity index (χ0n) is 11.1. The number of rotatable bonds is 4. The molecule has 0 fully saturated rings. The predicted octanol–water partition coefficient (Wildman–Crippen LogP) is 3.45. The molecule has 21 heavy (non-hydrogen) atoms. The van der Waals surface area contributed by atoms with Crippen molar-refractivity contribution in [1.82, 2.24) is 0 Å². The lowest BCUT2D eigenvalue weighted by atomic mass is 10.1. The Morgan fingerprint density at radius 2 is 1.76 bits per heavy atom. The maximum absolute atomic E-state index is 12.3. The highest BCUT2D eigenvalue weighted by molar-refractivity contribution is 9.10. The maximum atomic E-state index is 12.3. The molecule has 0 heterocycles. The third kappa shape index (κ3) is 3.62. The lowest BCUT2D eigenvalue weighted by Gasteiger charge is -2.12. The van der Waals surface area contributed by atoms with Crippen molar-refractivity contribution in [3.63, 3.8) is 0 Å². The van der Waals surface area contributed by atoms with Crippen molar-refractivity contribution in [1.29, 1.82) is 0 Å². The van der Waals surface area contributed by atoms with Gasteiger partial charge in [-0.3, -0.25) is 4.72 Å². The molecule has 0 unspecified atom stereocenters. The molecule has 0 atom stereocenters. The Morgan fingerprint density at radius 3 is 2.38 bits per heavy atom. The minimum atomic E-state index is -3.70. The van der Waals surface area contributed by atoms with E-state index in [1.807, 2.05) is 0 Å². The van der Waals surface area contributed by atoms with Crippen LogP contribution in [0.1, 0.15) is 12.5 Å². The van der Waals surface area contributed by atoms with Crippen molar-refractivity contribution >= 4 is 37.4 Å². The van der Waals surface area contributed by atoms with Gasteiger partial charge in [-0.15, -0.1) is 0 Å². The molecule has 0 aliphatic heterocycles. The number of hydrogen-bond donors (Lipinski definition) is 2. The van der Waals surface area contributed by atoms with Gasteiger partial charge in [-0.05, 0) is 37.3 Å². The van der Waals surface area contributed by atoms with Gasteiger partial charge in [0.1, 0.15) is 0 Å². The molecule has 0 aromatic heterocycles. The van der Waals surface area contributed by atoms with Crippen LogP contribution in [0.15, 0.2) is 63.1 Å². The van der Waals surface area contributed by atoms with Crippen LogP contribution in [0.2, 0.25) is 0 Å². The van der Waals surface area contributed by atoms with E-state index in [1.165, 1.54) is 12.1 Å². The molecule has 2 aromatic rings. The number of para-hydroxylation sites is 1. The molecule has 5 nitrogen and oxygen atoms in total. The molecule has 0 radical (unpaired) electrons. The van der Waals surface area contributed by atoms with Gasteiger partial charge in [0.2, 0.25) is 0 Å². The Hall–Kier alpha value is -1.86. The second-order valence-corrected chi connectivity index (χ2v) is 6.89. The first-order valence-electron chi connectivity index (χ1n) is 6.00. The van der Waals surface area contributed by atoms with Gasteiger partial charge in [0, 0.05) is 10.0 Å². The standard InChI is InChI=1S/C14H13BrN2O3S/c1-10(16-18)13-4-2-3-5-14(13)17-21(19,20)12-8-6-11(15)7-9-12/h2-9,17-18H,1H3/b16-10+. The van der Waals surface area contributed by atoms with Crippen LogP contribution in [0.3, 0.4) is 0 Å². The van der Waals surface area contributed by atoms with Crippen LogP contribution in [-0.4, -0.2) is 19.3 Å². The van der Waals surface area contributed by atoms with Gasteiger partial charge in [-0.25, -0.2) is 8.42 Å². The van der Waals surface area contributed by atoms with E-state index in [0.29, 0.717) is 17.0 Å². The molecule has 0 aliphatic rings. The van der Waals surface area contributed by atoms with Crippen molar-refractivity contribution < 1.29 is 13.6 Å². The second-order valence-electron chi connectivity index (χ2n) is 4.29. The second kappa shape index (κ2) is 6.28. The summed E-state index contributed by atoms with van der Waals surface area (Å²) in [6, 6.07) is 13.0. The number of nitrogens with zero attached hydrogens (tertiary/aromatic N) is 1. The summed E-state index contributed by atoms with van der Waals surface area (Å²) in [5.74, 6) is 0. The normalized spacial score (nSPS) is 12.2. The summed E-state index contributed by atoms with van der Waals surface area (Å²) in [7, 11) is -3.70. The zero-order valence-corrected chi connectivity index (χ0v) is 13.5. The Balaban J connectivity index is 2.40. The largest absolute Gasteiger partial charge is 0.411 e. The van der Waals surface area contributed by atoms with E-state index in [0.717, 1.165) is 4.47 Å². The van der Waals surface area contributed by atoms with E-state index < -0.39 is 10.0 Å². The number of nitrogens with one attached hydrogen (secondary N) is 1. The molecule has 0 spiro atoms. The Morgan fingerprint density at radius 1 is 1.14 bits per heavy atom. The van der Waals surface area contributed by atoms with Crippen LogP contribution in [0, 0.1) is 0 Å². The summed E-state index contributed by atoms with van der Waals surface area (Å²) in [6.07, 6.45) is 0. The number of benzene rings is 2. The summed E-state index contributed by atoms with van der Waals surface area (Å²) < 4.78 is 28.0. The average molecular weight is 369 g/mol. The van der Waals surface area contributed by atoms with Crippen LogP contribution in [-0.2, 0) is 10.0 Å². The summed E-state index contributed by atoms with van der Waals surface area (Å²) in [4.78, 5) is 0.152. The molecular weight excluding hydrogens is 356 g/mol. The first kappa shape index (κ1) is 15.5. The van der Waals surface area contributed by atoms with Gasteiger partial charge in [0.25, 0.3) is 10.0 Å². The molecule has 0 amide bonds. The topological polar surface area (TPSA) is 78.8 Å². The highest BCUT2D eigenvalue weighted by Crippen LogP contribution is 2.22. The lowest BCUT2D eigenvalue weighted by Crippen LogP contribution is -2.15. The number of oxime groups is 1. The highest BCUT2D eigenvalue weighted by Gasteiger charge is 2.16. The maximum Gasteiger partial charge on any atom is 0.261 e. The van der Waals surface area contributed by atoms with Gasteiger partial charge in [-0.2, -0.15) is 0 Å². The van der Waals surface area contributed by atoms with Crippen LogP contribution in [0.25, 0.3) is 0 Å². The van der Waals surface area contributed by atoms with Crippen molar-refractivity contribution in [2.75, 3.05) is 4.72 Å². The molecule has 7 heteroatoms. The van der Waals surface area contributed by atoms with Crippen molar-refractivity contribution in [3.8, 4) is 0 Å². The molecule has 2 rings (SSSR count). The fourth-order valence-corrected chi connectivity index (χ4v) is 3.10. The average Bonchev–Trinajstić information content (AvgIpc) is 2.47. The van der Waals surface area contributed by atoms with Gasteiger partial charge >= 0.3 is 0 Å². The van der Waals surface area contributed by atoms with Crippen molar-refractivity contribution in [2.45, 2.75) is 11.8 Å². The Labute approximate surface area is 131 Å². The molecule has 0 saturated carbocycles. The Bertz CT molecular complexity index is 771. The Kier molecular flexibility index (Phi) is 4.64. The molecule has 2 aromatic carbocycles. The summed E-state index contributed by atoms with van der Waals surface area (Å²) in [6.45, 7) is 1.59. The van der Waals surface area contributed by atoms with E-state index in [1.54, 1.807) is 43.3 Å². The number of halogens is 1. The molecule has 0 aliphatic carbocycles. The van der Waals surface area contributed by atoms with Crippen LogP contribution in [0.5, 0.6) is 0 Å².